The number of benzene rings is 2. The highest BCUT2D eigenvalue weighted by atomic mass is 32.2. The molecular weight excluding hydrogens is 341 g/mol. The summed E-state index contributed by atoms with van der Waals surface area (Å²) in [5.74, 6) is -1.23. The Morgan fingerprint density at radius 2 is 1.92 bits per heavy atom. The topological polar surface area (TPSA) is 46.6 Å². The molecule has 0 saturated heterocycles. The molecule has 25 heavy (non-hydrogen) atoms. The van der Waals surface area contributed by atoms with Gasteiger partial charge in [-0.15, -0.1) is 0 Å². The number of para-hydroxylation sites is 1. The third-order valence-corrected chi connectivity index (χ3v) is 4.69. The Kier molecular flexibility index (Phi) is 5.19. The van der Waals surface area contributed by atoms with E-state index in [4.69, 9.17) is 4.74 Å². The van der Waals surface area contributed by atoms with E-state index in [1.807, 2.05) is 12.1 Å². The van der Waals surface area contributed by atoms with Crippen molar-refractivity contribution < 1.29 is 18.7 Å². The fourth-order valence-electron chi connectivity index (χ4n) is 2.49. The average molecular weight is 357 g/mol. The number of nitrogens with zero attached hydrogens (tertiary/aromatic N) is 1. The Hall–Kier alpha value is -2.60. The van der Waals surface area contributed by atoms with Gasteiger partial charge in [0.15, 0.2) is 0 Å². The number of esters is 1. The average Bonchev–Trinajstić information content (AvgIpc) is 2.60. The third kappa shape index (κ3) is 3.74. The fraction of sp³-hybridized carbons (Fsp3) is 0.158. The lowest BCUT2D eigenvalue weighted by molar-refractivity contribution is -0.142. The van der Waals surface area contributed by atoms with Gasteiger partial charge in [0.25, 0.3) is 5.91 Å². The molecule has 0 fully saturated rings. The summed E-state index contributed by atoms with van der Waals surface area (Å²) in [4.78, 5) is 27.3. The first-order valence-corrected chi connectivity index (χ1v) is 8.62. The van der Waals surface area contributed by atoms with E-state index < -0.39 is 11.8 Å². The number of rotatable bonds is 4. The van der Waals surface area contributed by atoms with Crippen LogP contribution in [0.2, 0.25) is 0 Å². The standard InChI is InChI=1S/C19H16FNO3S/c1-2-24-18(22)12-21-15-9-5-6-10-16(15)25-17(19(21)23)11-13-7-3-4-8-14(13)20/h3-11H,2,12H2,1H3. The van der Waals surface area contributed by atoms with Crippen LogP contribution in [0.25, 0.3) is 6.08 Å². The van der Waals surface area contributed by atoms with Gasteiger partial charge in [-0.3, -0.25) is 14.5 Å². The molecule has 6 heteroatoms. The number of carbonyl (C=O) groups is 2. The van der Waals surface area contributed by atoms with Gasteiger partial charge in [0.05, 0.1) is 17.2 Å². The first kappa shape index (κ1) is 17.2. The van der Waals surface area contributed by atoms with Crippen LogP contribution in [-0.4, -0.2) is 25.0 Å². The van der Waals surface area contributed by atoms with Gasteiger partial charge in [0.2, 0.25) is 0 Å². The van der Waals surface area contributed by atoms with E-state index in [0.717, 1.165) is 4.90 Å². The second-order valence-electron chi connectivity index (χ2n) is 5.30. The van der Waals surface area contributed by atoms with Crippen LogP contribution in [0.5, 0.6) is 0 Å². The zero-order valence-electron chi connectivity index (χ0n) is 13.6. The van der Waals surface area contributed by atoms with E-state index in [2.05, 4.69) is 0 Å². The van der Waals surface area contributed by atoms with Crippen LogP contribution in [0.1, 0.15) is 12.5 Å². The summed E-state index contributed by atoms with van der Waals surface area (Å²) in [7, 11) is 0. The second kappa shape index (κ2) is 7.53. The number of anilines is 1. The largest absolute Gasteiger partial charge is 0.465 e. The van der Waals surface area contributed by atoms with Crippen LogP contribution in [0, 0.1) is 5.82 Å². The van der Waals surface area contributed by atoms with Crippen molar-refractivity contribution in [2.24, 2.45) is 0 Å². The molecule has 0 aromatic heterocycles. The summed E-state index contributed by atoms with van der Waals surface area (Å²) in [5, 5.41) is 0. The molecule has 2 aromatic carbocycles. The summed E-state index contributed by atoms with van der Waals surface area (Å²) < 4.78 is 18.9. The molecule has 1 heterocycles. The number of hydrogen-bond donors (Lipinski definition) is 0. The first-order valence-electron chi connectivity index (χ1n) is 7.80. The molecule has 0 unspecified atom stereocenters. The minimum Gasteiger partial charge on any atom is -0.465 e. The quantitative estimate of drug-likeness (QED) is 0.616. The molecule has 0 bridgehead atoms. The zero-order valence-corrected chi connectivity index (χ0v) is 14.4. The highest BCUT2D eigenvalue weighted by Gasteiger charge is 2.30. The van der Waals surface area contributed by atoms with Crippen molar-refractivity contribution in [1.82, 2.24) is 0 Å². The number of fused-ring (bicyclic) bond motifs is 1. The molecule has 1 aliphatic heterocycles. The third-order valence-electron chi connectivity index (χ3n) is 3.62. The SMILES string of the molecule is CCOC(=O)CN1C(=O)C(=Cc2ccccc2F)Sc2ccccc21. The summed E-state index contributed by atoms with van der Waals surface area (Å²) in [6, 6.07) is 13.5. The smallest absolute Gasteiger partial charge is 0.326 e. The molecule has 0 aliphatic carbocycles. The van der Waals surface area contributed by atoms with Gasteiger partial charge in [0.1, 0.15) is 12.4 Å². The normalized spacial score (nSPS) is 15.2. The van der Waals surface area contributed by atoms with Crippen LogP contribution < -0.4 is 4.90 Å². The van der Waals surface area contributed by atoms with E-state index >= 15 is 0 Å². The lowest BCUT2D eigenvalue weighted by atomic mass is 10.2. The van der Waals surface area contributed by atoms with E-state index in [9.17, 15) is 14.0 Å². The molecule has 128 valence electrons. The monoisotopic (exact) mass is 357 g/mol. The van der Waals surface area contributed by atoms with Crippen LogP contribution in [0.3, 0.4) is 0 Å². The highest BCUT2D eigenvalue weighted by molar-refractivity contribution is 8.04. The van der Waals surface area contributed by atoms with E-state index in [-0.39, 0.29) is 19.1 Å². The summed E-state index contributed by atoms with van der Waals surface area (Å²) in [6.45, 7) is 1.78. The molecule has 0 atom stereocenters. The lowest BCUT2D eigenvalue weighted by Crippen LogP contribution is -2.39. The van der Waals surface area contributed by atoms with E-state index in [1.54, 1.807) is 37.3 Å². The minimum absolute atomic E-state index is 0.182. The molecule has 2 aromatic rings. The molecule has 3 rings (SSSR count). The number of carbonyl (C=O) groups excluding carboxylic acids is 2. The maximum absolute atomic E-state index is 13.9. The van der Waals surface area contributed by atoms with Gasteiger partial charge >= 0.3 is 5.97 Å². The lowest BCUT2D eigenvalue weighted by Gasteiger charge is -2.29. The van der Waals surface area contributed by atoms with Crippen LogP contribution in [0.15, 0.2) is 58.3 Å². The van der Waals surface area contributed by atoms with Crippen molar-refractivity contribution in [3.05, 3.63) is 64.8 Å². The number of ether oxygens (including phenoxy) is 1. The van der Waals surface area contributed by atoms with Gasteiger partial charge in [-0.2, -0.15) is 0 Å². The minimum atomic E-state index is -0.484. The van der Waals surface area contributed by atoms with Crippen molar-refractivity contribution in [2.45, 2.75) is 11.8 Å². The summed E-state index contributed by atoms with van der Waals surface area (Å²) in [6.07, 6.45) is 1.51. The fourth-order valence-corrected chi connectivity index (χ4v) is 3.54. The second-order valence-corrected chi connectivity index (χ2v) is 6.38. The maximum atomic E-state index is 13.9. The summed E-state index contributed by atoms with van der Waals surface area (Å²) in [5.41, 5.74) is 0.977. The maximum Gasteiger partial charge on any atom is 0.326 e. The predicted octanol–water partition coefficient (Wildman–Crippen LogP) is 3.87. The van der Waals surface area contributed by atoms with Gasteiger partial charge in [0, 0.05) is 10.5 Å². The van der Waals surface area contributed by atoms with E-state index in [1.165, 1.54) is 28.8 Å². The Balaban J connectivity index is 1.99. The predicted molar refractivity (Wildman–Crippen MR) is 95.7 cm³/mol. The zero-order chi connectivity index (χ0) is 17.8. The Morgan fingerprint density at radius 1 is 1.20 bits per heavy atom. The molecule has 1 amide bonds. The van der Waals surface area contributed by atoms with Crippen molar-refractivity contribution in [1.29, 1.82) is 0 Å². The Morgan fingerprint density at radius 3 is 2.68 bits per heavy atom. The summed E-state index contributed by atoms with van der Waals surface area (Å²) >= 11 is 1.26. The molecule has 4 nitrogen and oxygen atoms in total. The number of halogens is 1. The van der Waals surface area contributed by atoms with Gasteiger partial charge < -0.3 is 4.74 Å². The highest BCUT2D eigenvalue weighted by Crippen LogP contribution is 2.42. The molecule has 0 spiro atoms. The molecule has 0 saturated carbocycles. The van der Waals surface area contributed by atoms with Gasteiger partial charge in [-0.1, -0.05) is 42.1 Å². The van der Waals surface area contributed by atoms with Crippen LogP contribution in [-0.2, 0) is 14.3 Å². The number of hydrogen-bond acceptors (Lipinski definition) is 4. The molecule has 0 N–H and O–H groups in total. The van der Waals surface area contributed by atoms with E-state index in [0.29, 0.717) is 16.2 Å². The van der Waals surface area contributed by atoms with Gasteiger partial charge in [-0.25, -0.2) is 4.39 Å². The number of amides is 1. The molecule has 1 aliphatic rings. The van der Waals surface area contributed by atoms with Crippen LogP contribution >= 0.6 is 11.8 Å². The Bertz CT molecular complexity index is 850. The molecular formula is C19H16FNO3S. The van der Waals surface area contributed by atoms with Crippen molar-refractivity contribution in [3.63, 3.8) is 0 Å². The Labute approximate surface area is 149 Å². The van der Waals surface area contributed by atoms with Crippen molar-refractivity contribution in [3.8, 4) is 0 Å². The number of thioether (sulfide) groups is 1. The first-order chi connectivity index (χ1) is 12.1. The van der Waals surface area contributed by atoms with Crippen molar-refractivity contribution in [2.75, 3.05) is 18.1 Å². The van der Waals surface area contributed by atoms with Crippen molar-refractivity contribution >= 4 is 35.4 Å². The van der Waals surface area contributed by atoms with Gasteiger partial charge in [-0.05, 0) is 31.2 Å². The molecule has 0 radical (unpaired) electrons. The van der Waals surface area contributed by atoms with Crippen LogP contribution in [0.4, 0.5) is 10.1 Å².